The molecule has 6 nitrogen and oxygen atoms in total. The van der Waals surface area contributed by atoms with Gasteiger partial charge >= 0.3 is 0 Å². The molecule has 3 fully saturated rings. The van der Waals surface area contributed by atoms with Crippen LogP contribution >= 0.6 is 23.1 Å². The van der Waals surface area contributed by atoms with Gasteiger partial charge in [-0.25, -0.2) is 13.6 Å². The fraction of sp³-hybridized carbons (Fsp3) is 0.421. The molecule has 2 atom stereocenters. The minimum Gasteiger partial charge on any atom is -0.347 e. The Bertz CT molecular complexity index is 979. The Hall–Kier alpha value is -1.39. The number of amides is 1. The molecule has 0 unspecified atom stereocenters. The minimum atomic E-state index is -3.73. The third kappa shape index (κ3) is 4.13. The molecule has 2 aromatic rings. The van der Waals surface area contributed by atoms with E-state index in [2.05, 4.69) is 17.1 Å². The fourth-order valence-electron chi connectivity index (χ4n) is 4.10. The molecule has 1 aromatic carbocycles. The smallest absolute Gasteiger partial charge is 0.261 e. The summed E-state index contributed by atoms with van der Waals surface area (Å²) >= 11 is 2.84. The number of hydrogen-bond donors (Lipinski definition) is 2. The summed E-state index contributed by atoms with van der Waals surface area (Å²) in [6.07, 6.45) is 2.31. The molecule has 0 radical (unpaired) electrons. The van der Waals surface area contributed by atoms with Gasteiger partial charge in [0, 0.05) is 17.0 Å². The van der Waals surface area contributed by atoms with E-state index in [4.69, 9.17) is 5.14 Å². The van der Waals surface area contributed by atoms with Gasteiger partial charge in [0.2, 0.25) is 10.0 Å². The largest absolute Gasteiger partial charge is 0.347 e. The van der Waals surface area contributed by atoms with Crippen LogP contribution in [0.2, 0.25) is 0 Å². The Morgan fingerprint density at radius 3 is 2.68 bits per heavy atom. The average molecular weight is 438 g/mol. The van der Waals surface area contributed by atoms with E-state index in [0.717, 1.165) is 35.0 Å². The summed E-state index contributed by atoms with van der Waals surface area (Å²) in [5, 5.41) is 8.45. The fourth-order valence-corrected chi connectivity index (χ4v) is 6.80. The van der Waals surface area contributed by atoms with Gasteiger partial charge in [0.05, 0.1) is 14.0 Å². The molecule has 1 amide bonds. The van der Waals surface area contributed by atoms with Gasteiger partial charge < -0.3 is 5.32 Å². The molecule has 4 heterocycles. The molecule has 0 aliphatic carbocycles. The molecule has 3 saturated heterocycles. The maximum absolute atomic E-state index is 12.8. The first-order chi connectivity index (χ1) is 13.3. The summed E-state index contributed by atoms with van der Waals surface area (Å²) in [5.41, 5.74) is 0. The van der Waals surface area contributed by atoms with Crippen molar-refractivity contribution in [2.24, 2.45) is 11.1 Å². The summed E-state index contributed by atoms with van der Waals surface area (Å²) in [4.78, 5) is 16.8. The Labute approximate surface area is 173 Å². The minimum absolute atomic E-state index is 0.0271. The lowest BCUT2D eigenvalue weighted by atomic mass is 9.79. The quantitative estimate of drug-likeness (QED) is 0.750. The Kier molecular flexibility index (Phi) is 5.54. The van der Waals surface area contributed by atoms with Gasteiger partial charge in [-0.05, 0) is 69.1 Å². The van der Waals surface area contributed by atoms with Crippen molar-refractivity contribution < 1.29 is 13.2 Å². The first-order valence-corrected chi connectivity index (χ1v) is 12.4. The number of thiophene rings is 1. The molecule has 0 spiro atoms. The maximum atomic E-state index is 12.8. The van der Waals surface area contributed by atoms with Crippen LogP contribution in [-0.4, -0.2) is 44.4 Å². The second-order valence-corrected chi connectivity index (χ2v) is 11.4. The predicted octanol–water partition coefficient (Wildman–Crippen LogP) is 2.76. The number of primary sulfonamides is 1. The Morgan fingerprint density at radius 1 is 1.25 bits per heavy atom. The van der Waals surface area contributed by atoms with Gasteiger partial charge in [-0.15, -0.1) is 11.3 Å². The number of nitrogens with one attached hydrogen (secondary N) is 1. The predicted molar refractivity (Wildman–Crippen MR) is 111 cm³/mol. The van der Waals surface area contributed by atoms with Crippen LogP contribution in [0.5, 0.6) is 0 Å². The molecule has 9 heteroatoms. The second-order valence-electron chi connectivity index (χ2n) is 7.35. The van der Waals surface area contributed by atoms with Crippen LogP contribution in [0.4, 0.5) is 0 Å². The number of hydrogen-bond acceptors (Lipinski definition) is 6. The standard InChI is InChI=1S/C19H23N3O3S3/c1-12-18(13-7-9-22(12)10-8-13)21-19(23)16-5-6-17(27-16)26-14-3-2-4-15(11-14)28(20,24)25/h2-6,11-13,18H,7-10H2,1H3,(H,21,23)(H2,20,24,25)/t12-,18+/m1/s1. The van der Waals surface area contributed by atoms with Crippen molar-refractivity contribution in [2.45, 2.75) is 45.8 Å². The van der Waals surface area contributed by atoms with E-state index >= 15 is 0 Å². The summed E-state index contributed by atoms with van der Waals surface area (Å²) in [7, 11) is -3.73. The number of fused-ring (bicyclic) bond motifs is 3. The van der Waals surface area contributed by atoms with E-state index in [1.54, 1.807) is 12.1 Å². The van der Waals surface area contributed by atoms with Gasteiger partial charge in [0.25, 0.3) is 5.91 Å². The van der Waals surface area contributed by atoms with Crippen LogP contribution in [0.25, 0.3) is 0 Å². The summed E-state index contributed by atoms with van der Waals surface area (Å²) < 4.78 is 24.0. The molecule has 150 valence electrons. The molecule has 2 bridgehead atoms. The number of benzene rings is 1. The van der Waals surface area contributed by atoms with Crippen LogP contribution < -0.4 is 10.5 Å². The lowest BCUT2D eigenvalue weighted by Crippen LogP contribution is -2.62. The van der Waals surface area contributed by atoms with Crippen LogP contribution in [0.3, 0.4) is 0 Å². The van der Waals surface area contributed by atoms with Crippen molar-refractivity contribution in [2.75, 3.05) is 13.1 Å². The highest BCUT2D eigenvalue weighted by Gasteiger charge is 2.40. The van der Waals surface area contributed by atoms with E-state index in [9.17, 15) is 13.2 Å². The van der Waals surface area contributed by atoms with Crippen molar-refractivity contribution in [3.05, 3.63) is 41.3 Å². The topological polar surface area (TPSA) is 92.5 Å². The molecule has 3 aliphatic heterocycles. The van der Waals surface area contributed by atoms with Crippen molar-refractivity contribution in [3.63, 3.8) is 0 Å². The van der Waals surface area contributed by atoms with Gasteiger partial charge in [0.15, 0.2) is 0 Å². The highest BCUT2D eigenvalue weighted by Crippen LogP contribution is 2.35. The number of nitrogens with zero attached hydrogens (tertiary/aromatic N) is 1. The third-order valence-corrected chi connectivity index (χ3v) is 8.75. The SMILES string of the molecule is C[C@@H]1[C@H](NC(=O)c2ccc(Sc3cccc(S(N)(=O)=O)c3)s2)C2CCN1CC2. The van der Waals surface area contributed by atoms with Gasteiger partial charge in [-0.2, -0.15) is 0 Å². The highest BCUT2D eigenvalue weighted by atomic mass is 32.2. The van der Waals surface area contributed by atoms with Gasteiger partial charge in [-0.1, -0.05) is 17.8 Å². The number of piperidine rings is 3. The Morgan fingerprint density at radius 2 is 2.00 bits per heavy atom. The molecule has 5 rings (SSSR count). The summed E-state index contributed by atoms with van der Waals surface area (Å²) in [6.45, 7) is 4.47. The van der Waals surface area contributed by atoms with E-state index in [1.807, 2.05) is 18.2 Å². The van der Waals surface area contributed by atoms with E-state index in [0.29, 0.717) is 16.8 Å². The van der Waals surface area contributed by atoms with Crippen LogP contribution in [-0.2, 0) is 10.0 Å². The van der Waals surface area contributed by atoms with E-state index < -0.39 is 10.0 Å². The summed E-state index contributed by atoms with van der Waals surface area (Å²) in [6, 6.07) is 10.8. The molecule has 3 N–H and O–H groups in total. The van der Waals surface area contributed by atoms with Crippen LogP contribution in [0, 0.1) is 5.92 Å². The number of sulfonamides is 1. The lowest BCUT2D eigenvalue weighted by Gasteiger charge is -2.49. The van der Waals surface area contributed by atoms with Gasteiger partial charge in [-0.3, -0.25) is 9.69 Å². The number of carbonyl (C=O) groups excluding carboxylic acids is 1. The highest BCUT2D eigenvalue weighted by molar-refractivity contribution is 8.01. The number of carbonyl (C=O) groups is 1. The molecular weight excluding hydrogens is 414 g/mol. The second kappa shape index (κ2) is 7.79. The zero-order chi connectivity index (χ0) is 19.9. The first kappa shape index (κ1) is 19.9. The van der Waals surface area contributed by atoms with Crippen molar-refractivity contribution >= 4 is 39.0 Å². The van der Waals surface area contributed by atoms with Crippen molar-refractivity contribution in [1.29, 1.82) is 0 Å². The molecule has 0 saturated carbocycles. The van der Waals surface area contributed by atoms with Crippen molar-refractivity contribution in [1.82, 2.24) is 10.2 Å². The molecule has 1 aromatic heterocycles. The zero-order valence-electron chi connectivity index (χ0n) is 15.5. The number of rotatable bonds is 5. The maximum Gasteiger partial charge on any atom is 0.261 e. The van der Waals surface area contributed by atoms with Crippen LogP contribution in [0.15, 0.2) is 50.4 Å². The molecule has 28 heavy (non-hydrogen) atoms. The van der Waals surface area contributed by atoms with E-state index in [1.165, 1.54) is 29.2 Å². The molecule has 3 aliphatic rings. The first-order valence-electron chi connectivity index (χ1n) is 9.27. The van der Waals surface area contributed by atoms with Crippen LogP contribution in [0.1, 0.15) is 29.4 Å². The summed E-state index contributed by atoms with van der Waals surface area (Å²) in [5.74, 6) is 0.541. The van der Waals surface area contributed by atoms with Crippen molar-refractivity contribution in [3.8, 4) is 0 Å². The normalized spacial score (nSPS) is 26.9. The lowest BCUT2D eigenvalue weighted by molar-refractivity contribution is 0.0218. The monoisotopic (exact) mass is 437 g/mol. The average Bonchev–Trinajstić information content (AvgIpc) is 3.13. The zero-order valence-corrected chi connectivity index (χ0v) is 17.9. The number of nitrogens with two attached hydrogens (primary N) is 1. The van der Waals surface area contributed by atoms with Gasteiger partial charge in [0.1, 0.15) is 0 Å². The third-order valence-electron chi connectivity index (χ3n) is 5.63. The van der Waals surface area contributed by atoms with E-state index in [-0.39, 0.29) is 16.8 Å². The Balaban J connectivity index is 1.44. The molecular formula is C19H23N3O3S3.